The number of hydrogen-bond donors (Lipinski definition) is 2. The van der Waals surface area contributed by atoms with Gasteiger partial charge in [0.1, 0.15) is 0 Å². The molecule has 0 unspecified atom stereocenters. The lowest BCUT2D eigenvalue weighted by Crippen LogP contribution is -2.22. The van der Waals surface area contributed by atoms with Crippen molar-refractivity contribution < 1.29 is 13.2 Å². The zero-order valence-corrected chi connectivity index (χ0v) is 15.3. The van der Waals surface area contributed by atoms with Gasteiger partial charge < -0.3 is 10.6 Å². The predicted octanol–water partition coefficient (Wildman–Crippen LogP) is 3.41. The number of carbonyl (C=O) groups is 1. The number of anilines is 2. The van der Waals surface area contributed by atoms with Gasteiger partial charge in [0.25, 0.3) is 0 Å². The molecule has 24 heavy (non-hydrogen) atoms. The molecule has 0 heterocycles. The van der Waals surface area contributed by atoms with Crippen molar-refractivity contribution >= 4 is 38.7 Å². The van der Waals surface area contributed by atoms with Gasteiger partial charge in [-0.3, -0.25) is 4.79 Å². The maximum absolute atomic E-state index is 12.1. The van der Waals surface area contributed by atoms with Gasteiger partial charge in [-0.15, -0.1) is 0 Å². The van der Waals surface area contributed by atoms with Gasteiger partial charge in [0, 0.05) is 22.7 Å². The molecule has 128 valence electrons. The van der Waals surface area contributed by atoms with Crippen molar-refractivity contribution in [2.24, 2.45) is 0 Å². The fraction of sp³-hybridized carbons (Fsp3) is 0.235. The lowest BCUT2D eigenvalue weighted by Gasteiger charge is -2.14. The Labute approximate surface area is 147 Å². The molecule has 2 N–H and O–H groups in total. The van der Waals surface area contributed by atoms with Crippen LogP contribution in [0.2, 0.25) is 5.02 Å². The van der Waals surface area contributed by atoms with Crippen LogP contribution in [-0.2, 0) is 14.6 Å². The van der Waals surface area contributed by atoms with Crippen molar-refractivity contribution in [3.05, 3.63) is 52.5 Å². The summed E-state index contributed by atoms with van der Waals surface area (Å²) in [5.74, 6) is -0.232. The molecule has 0 spiro atoms. The average molecular weight is 367 g/mol. The molecular weight excluding hydrogens is 348 g/mol. The number of aryl methyl sites for hydroxylation is 1. The highest BCUT2D eigenvalue weighted by Crippen LogP contribution is 2.28. The number of hydrogen-bond acceptors (Lipinski definition) is 4. The minimum Gasteiger partial charge on any atom is -0.376 e. The Bertz CT molecular complexity index is 879. The fourth-order valence-electron chi connectivity index (χ4n) is 2.31. The van der Waals surface area contributed by atoms with Gasteiger partial charge in [0.05, 0.1) is 11.4 Å². The van der Waals surface area contributed by atoms with Crippen molar-refractivity contribution in [3.8, 4) is 0 Å². The van der Waals surface area contributed by atoms with Crippen LogP contribution in [0.15, 0.2) is 41.3 Å². The minimum atomic E-state index is -3.40. The monoisotopic (exact) mass is 366 g/mol. The van der Waals surface area contributed by atoms with Gasteiger partial charge in [-0.2, -0.15) is 0 Å². The van der Waals surface area contributed by atoms with Crippen molar-refractivity contribution in [1.82, 2.24) is 0 Å². The van der Waals surface area contributed by atoms with Crippen molar-refractivity contribution in [3.63, 3.8) is 0 Å². The normalized spacial score (nSPS) is 11.2. The summed E-state index contributed by atoms with van der Waals surface area (Å²) < 4.78 is 23.6. The van der Waals surface area contributed by atoms with E-state index in [9.17, 15) is 13.2 Å². The van der Waals surface area contributed by atoms with Crippen molar-refractivity contribution in [2.45, 2.75) is 18.7 Å². The molecule has 0 aliphatic carbocycles. The lowest BCUT2D eigenvalue weighted by atomic mass is 10.2. The summed E-state index contributed by atoms with van der Waals surface area (Å²) in [6.07, 6.45) is 1.13. The third kappa shape index (κ3) is 4.49. The number of sulfone groups is 1. The second-order valence-corrected chi connectivity index (χ2v) is 7.99. The van der Waals surface area contributed by atoms with Gasteiger partial charge in [0.15, 0.2) is 9.84 Å². The molecule has 0 aliphatic heterocycles. The zero-order valence-electron chi connectivity index (χ0n) is 13.7. The van der Waals surface area contributed by atoms with Crippen LogP contribution in [-0.4, -0.2) is 27.1 Å². The van der Waals surface area contributed by atoms with E-state index in [1.165, 1.54) is 6.07 Å². The summed E-state index contributed by atoms with van der Waals surface area (Å²) in [5.41, 5.74) is 2.75. The molecule has 0 radical (unpaired) electrons. The first-order valence-corrected chi connectivity index (χ1v) is 9.55. The predicted molar refractivity (Wildman–Crippen MR) is 97.6 cm³/mol. The highest BCUT2D eigenvalue weighted by molar-refractivity contribution is 7.90. The lowest BCUT2D eigenvalue weighted by molar-refractivity contribution is -0.114. The van der Waals surface area contributed by atoms with E-state index in [0.717, 1.165) is 17.5 Å². The Balaban J connectivity index is 2.14. The first-order valence-electron chi connectivity index (χ1n) is 7.28. The van der Waals surface area contributed by atoms with E-state index < -0.39 is 9.84 Å². The van der Waals surface area contributed by atoms with E-state index in [0.29, 0.717) is 16.3 Å². The number of rotatable bonds is 5. The number of para-hydroxylation sites is 1. The molecule has 0 aliphatic rings. The highest BCUT2D eigenvalue weighted by Gasteiger charge is 2.15. The number of halogens is 1. The summed E-state index contributed by atoms with van der Waals surface area (Å²) in [7, 11) is -3.40. The Morgan fingerprint density at radius 3 is 2.42 bits per heavy atom. The number of nitrogens with one attached hydrogen (secondary N) is 2. The van der Waals surface area contributed by atoms with Crippen molar-refractivity contribution in [1.29, 1.82) is 0 Å². The van der Waals surface area contributed by atoms with E-state index in [1.807, 2.05) is 31.2 Å². The van der Waals surface area contributed by atoms with Crippen LogP contribution < -0.4 is 10.6 Å². The third-order valence-electron chi connectivity index (χ3n) is 3.58. The van der Waals surface area contributed by atoms with E-state index >= 15 is 0 Å². The zero-order chi connectivity index (χ0) is 17.9. The molecule has 0 atom stereocenters. The van der Waals surface area contributed by atoms with Gasteiger partial charge in [0.2, 0.25) is 5.91 Å². The van der Waals surface area contributed by atoms with Gasteiger partial charge in [-0.05, 0) is 43.2 Å². The first kappa shape index (κ1) is 18.3. The summed E-state index contributed by atoms with van der Waals surface area (Å²) >= 11 is 5.99. The molecule has 2 aromatic carbocycles. The fourth-order valence-corrected chi connectivity index (χ4v) is 3.60. The molecule has 0 aromatic heterocycles. The first-order chi connectivity index (χ1) is 11.2. The largest absolute Gasteiger partial charge is 0.376 e. The molecule has 2 rings (SSSR count). The SMILES string of the molecule is Cc1ccccc1NC(=O)CNc1cc(Cl)cc(S(C)(=O)=O)c1C. The van der Waals surface area contributed by atoms with Crippen LogP contribution in [0.25, 0.3) is 0 Å². The van der Waals surface area contributed by atoms with E-state index in [2.05, 4.69) is 10.6 Å². The maximum Gasteiger partial charge on any atom is 0.243 e. The quantitative estimate of drug-likeness (QED) is 0.850. The molecule has 0 bridgehead atoms. The number of benzene rings is 2. The Morgan fingerprint density at radius 2 is 1.79 bits per heavy atom. The number of amides is 1. The maximum atomic E-state index is 12.1. The smallest absolute Gasteiger partial charge is 0.243 e. The van der Waals surface area contributed by atoms with Gasteiger partial charge in [-0.25, -0.2) is 8.42 Å². The summed E-state index contributed by atoms with van der Waals surface area (Å²) in [6, 6.07) is 10.5. The molecule has 7 heteroatoms. The van der Waals surface area contributed by atoms with Crippen LogP contribution in [0.5, 0.6) is 0 Å². The highest BCUT2D eigenvalue weighted by atomic mass is 35.5. The summed E-state index contributed by atoms with van der Waals surface area (Å²) in [6.45, 7) is 3.58. The third-order valence-corrected chi connectivity index (χ3v) is 5.02. The average Bonchev–Trinajstić information content (AvgIpc) is 2.49. The minimum absolute atomic E-state index is 0.00127. The molecule has 0 fully saturated rings. The molecule has 0 saturated heterocycles. The molecule has 2 aromatic rings. The molecule has 5 nitrogen and oxygen atoms in total. The second kappa shape index (κ2) is 7.23. The van der Waals surface area contributed by atoms with Gasteiger partial charge >= 0.3 is 0 Å². The van der Waals surface area contributed by atoms with E-state index in [4.69, 9.17) is 11.6 Å². The van der Waals surface area contributed by atoms with E-state index in [-0.39, 0.29) is 17.3 Å². The van der Waals surface area contributed by atoms with Gasteiger partial charge in [-0.1, -0.05) is 29.8 Å². The summed E-state index contributed by atoms with van der Waals surface area (Å²) in [4.78, 5) is 12.2. The van der Waals surface area contributed by atoms with E-state index in [1.54, 1.807) is 13.0 Å². The van der Waals surface area contributed by atoms with Crippen LogP contribution in [0.1, 0.15) is 11.1 Å². The number of carbonyl (C=O) groups excluding carboxylic acids is 1. The summed E-state index contributed by atoms with van der Waals surface area (Å²) in [5, 5.41) is 6.05. The molecular formula is C17H19ClN2O3S. The molecule has 0 saturated carbocycles. The van der Waals surface area contributed by atoms with Crippen LogP contribution in [0, 0.1) is 13.8 Å². The molecule has 1 amide bonds. The van der Waals surface area contributed by atoms with Crippen LogP contribution >= 0.6 is 11.6 Å². The van der Waals surface area contributed by atoms with Crippen LogP contribution in [0.3, 0.4) is 0 Å². The Hall–Kier alpha value is -2.05. The second-order valence-electron chi connectivity index (χ2n) is 5.57. The van der Waals surface area contributed by atoms with Crippen LogP contribution in [0.4, 0.5) is 11.4 Å². The topological polar surface area (TPSA) is 75.3 Å². The van der Waals surface area contributed by atoms with Crippen molar-refractivity contribution in [2.75, 3.05) is 23.4 Å². The Morgan fingerprint density at radius 1 is 1.12 bits per heavy atom. The standard InChI is InChI=1S/C17H19ClN2O3S/c1-11-6-4-5-7-14(11)20-17(21)10-19-15-8-13(18)9-16(12(15)2)24(3,22)23/h4-9,19H,10H2,1-3H3,(H,20,21). The Kier molecular flexibility index (Phi) is 5.51.